The lowest BCUT2D eigenvalue weighted by Crippen LogP contribution is -2.05. The van der Waals surface area contributed by atoms with Gasteiger partial charge in [0.05, 0.1) is 25.9 Å². The average Bonchev–Trinajstić information content (AvgIpc) is 2.59. The van der Waals surface area contributed by atoms with Crippen molar-refractivity contribution in [2.45, 2.75) is 20.0 Å². The van der Waals surface area contributed by atoms with Gasteiger partial charge in [0.15, 0.2) is 11.5 Å². The lowest BCUT2D eigenvalue weighted by atomic mass is 10.0. The zero-order valence-corrected chi connectivity index (χ0v) is 14.8. The van der Waals surface area contributed by atoms with E-state index in [0.29, 0.717) is 17.1 Å². The summed E-state index contributed by atoms with van der Waals surface area (Å²) in [5.41, 5.74) is 1.47. The molecule has 0 atom stereocenters. The Hall–Kier alpha value is -2.95. The van der Waals surface area contributed by atoms with Crippen molar-refractivity contribution in [3.63, 3.8) is 0 Å². The van der Waals surface area contributed by atoms with E-state index in [4.69, 9.17) is 14.2 Å². The first-order chi connectivity index (χ1) is 11.9. The molecule has 0 saturated carbocycles. The molecule has 2 aromatic rings. The third-order valence-electron chi connectivity index (χ3n) is 3.49. The molecular weight excluding hydrogens is 320 g/mol. The van der Waals surface area contributed by atoms with Gasteiger partial charge in [-0.15, -0.1) is 0 Å². The summed E-state index contributed by atoms with van der Waals surface area (Å²) in [5.74, 6) is 0.754. The number of carboxylic acids is 1. The van der Waals surface area contributed by atoms with Crippen molar-refractivity contribution in [2.24, 2.45) is 0 Å². The number of rotatable bonds is 7. The Morgan fingerprint density at radius 2 is 1.64 bits per heavy atom. The minimum absolute atomic E-state index is 0.0859. The van der Waals surface area contributed by atoms with Gasteiger partial charge in [-0.2, -0.15) is 0 Å². The molecule has 0 spiro atoms. The molecule has 0 unspecified atom stereocenters. The fourth-order valence-electron chi connectivity index (χ4n) is 2.35. The van der Waals surface area contributed by atoms with Crippen LogP contribution in [0.2, 0.25) is 0 Å². The van der Waals surface area contributed by atoms with Crippen LogP contribution in [0.1, 0.15) is 25.0 Å². The minimum atomic E-state index is -1.02. The van der Waals surface area contributed by atoms with E-state index in [1.54, 1.807) is 24.3 Å². The highest BCUT2D eigenvalue weighted by molar-refractivity contribution is 6.20. The predicted octanol–water partition coefficient (Wildman–Crippen LogP) is 4.12. The highest BCUT2D eigenvalue weighted by Crippen LogP contribution is 2.31. The molecule has 0 aliphatic heterocycles. The molecule has 0 saturated heterocycles. The number of carboxylic acid groups (broad SMARTS) is 1. The lowest BCUT2D eigenvalue weighted by Gasteiger charge is -2.11. The van der Waals surface area contributed by atoms with Crippen molar-refractivity contribution in [3.05, 3.63) is 53.6 Å². The Bertz CT molecular complexity index is 760. The first kappa shape index (κ1) is 18.4. The van der Waals surface area contributed by atoms with Crippen LogP contribution in [0.5, 0.6) is 17.2 Å². The second-order valence-corrected chi connectivity index (χ2v) is 5.67. The van der Waals surface area contributed by atoms with Crippen molar-refractivity contribution in [1.29, 1.82) is 0 Å². The Balaban J connectivity index is 2.37. The van der Waals surface area contributed by atoms with Gasteiger partial charge in [0.25, 0.3) is 0 Å². The maximum atomic E-state index is 11.7. The molecule has 132 valence electrons. The Kier molecular flexibility index (Phi) is 6.06. The standard InChI is InChI=1S/C20H22O5/c1-13(2)25-16-8-5-14(6-9-16)11-17(20(21)22)15-7-10-18(23-3)19(12-15)24-4/h5-13H,1-4H3,(H,21,22)/b17-11+. The van der Waals surface area contributed by atoms with Crippen LogP contribution >= 0.6 is 0 Å². The van der Waals surface area contributed by atoms with Crippen molar-refractivity contribution < 1.29 is 24.1 Å². The van der Waals surface area contributed by atoms with Crippen LogP contribution in [0.4, 0.5) is 0 Å². The van der Waals surface area contributed by atoms with E-state index >= 15 is 0 Å². The summed E-state index contributed by atoms with van der Waals surface area (Å²) in [5, 5.41) is 9.59. The summed E-state index contributed by atoms with van der Waals surface area (Å²) in [6, 6.07) is 12.3. The summed E-state index contributed by atoms with van der Waals surface area (Å²) in [4.78, 5) is 11.7. The Labute approximate surface area is 147 Å². The molecule has 0 fully saturated rings. The van der Waals surface area contributed by atoms with Gasteiger partial charge in [-0.05, 0) is 55.3 Å². The molecule has 0 radical (unpaired) electrons. The summed E-state index contributed by atoms with van der Waals surface area (Å²) >= 11 is 0. The zero-order chi connectivity index (χ0) is 18.4. The first-order valence-electron chi connectivity index (χ1n) is 7.88. The van der Waals surface area contributed by atoms with Gasteiger partial charge < -0.3 is 19.3 Å². The molecule has 0 heterocycles. The summed E-state index contributed by atoms with van der Waals surface area (Å²) < 4.78 is 16.0. The summed E-state index contributed by atoms with van der Waals surface area (Å²) in [6.07, 6.45) is 1.70. The minimum Gasteiger partial charge on any atom is -0.493 e. The number of ether oxygens (including phenoxy) is 3. The van der Waals surface area contributed by atoms with E-state index in [1.165, 1.54) is 14.2 Å². The van der Waals surface area contributed by atoms with Crippen molar-refractivity contribution in [2.75, 3.05) is 14.2 Å². The molecule has 0 aromatic heterocycles. The van der Waals surface area contributed by atoms with Gasteiger partial charge in [0, 0.05) is 0 Å². The molecule has 5 nitrogen and oxygen atoms in total. The van der Waals surface area contributed by atoms with E-state index in [0.717, 1.165) is 11.3 Å². The third kappa shape index (κ3) is 4.76. The lowest BCUT2D eigenvalue weighted by molar-refractivity contribution is -0.130. The predicted molar refractivity (Wildman–Crippen MR) is 97.3 cm³/mol. The van der Waals surface area contributed by atoms with Crippen LogP contribution in [0.15, 0.2) is 42.5 Å². The van der Waals surface area contributed by atoms with Crippen LogP contribution in [-0.4, -0.2) is 31.4 Å². The number of hydrogen-bond acceptors (Lipinski definition) is 4. The SMILES string of the molecule is COc1ccc(/C(=C\c2ccc(OC(C)C)cc2)C(=O)O)cc1OC. The van der Waals surface area contributed by atoms with Gasteiger partial charge in [-0.1, -0.05) is 18.2 Å². The molecule has 1 N–H and O–H groups in total. The topological polar surface area (TPSA) is 65.0 Å². The third-order valence-corrected chi connectivity index (χ3v) is 3.49. The molecule has 2 aromatic carbocycles. The van der Waals surface area contributed by atoms with Gasteiger partial charge in [-0.3, -0.25) is 0 Å². The molecule has 0 aliphatic carbocycles. The van der Waals surface area contributed by atoms with Crippen LogP contribution in [0.25, 0.3) is 11.6 Å². The van der Waals surface area contributed by atoms with Crippen LogP contribution in [-0.2, 0) is 4.79 Å². The zero-order valence-electron chi connectivity index (χ0n) is 14.8. The average molecular weight is 342 g/mol. The van der Waals surface area contributed by atoms with E-state index in [9.17, 15) is 9.90 Å². The van der Waals surface area contributed by atoms with Gasteiger partial charge in [-0.25, -0.2) is 4.79 Å². The van der Waals surface area contributed by atoms with Crippen LogP contribution < -0.4 is 14.2 Å². The van der Waals surface area contributed by atoms with Crippen LogP contribution in [0.3, 0.4) is 0 Å². The van der Waals surface area contributed by atoms with E-state index in [1.807, 2.05) is 38.1 Å². The molecular formula is C20H22O5. The quantitative estimate of drug-likeness (QED) is 0.606. The number of aliphatic carboxylic acids is 1. The molecule has 0 bridgehead atoms. The fraction of sp³-hybridized carbons (Fsp3) is 0.250. The van der Waals surface area contributed by atoms with E-state index < -0.39 is 5.97 Å². The number of methoxy groups -OCH3 is 2. The maximum Gasteiger partial charge on any atom is 0.336 e. The largest absolute Gasteiger partial charge is 0.493 e. The second kappa shape index (κ2) is 8.24. The molecule has 2 rings (SSSR count). The van der Waals surface area contributed by atoms with E-state index in [-0.39, 0.29) is 11.7 Å². The Morgan fingerprint density at radius 3 is 2.16 bits per heavy atom. The fourth-order valence-corrected chi connectivity index (χ4v) is 2.35. The molecule has 5 heteroatoms. The summed E-state index contributed by atoms with van der Waals surface area (Å²) in [7, 11) is 3.05. The smallest absolute Gasteiger partial charge is 0.336 e. The van der Waals surface area contributed by atoms with Crippen molar-refractivity contribution >= 4 is 17.6 Å². The maximum absolute atomic E-state index is 11.7. The summed E-state index contributed by atoms with van der Waals surface area (Å²) in [6.45, 7) is 3.90. The Morgan fingerprint density at radius 1 is 1.00 bits per heavy atom. The molecule has 25 heavy (non-hydrogen) atoms. The van der Waals surface area contributed by atoms with Crippen molar-refractivity contribution in [1.82, 2.24) is 0 Å². The van der Waals surface area contributed by atoms with E-state index in [2.05, 4.69) is 0 Å². The monoisotopic (exact) mass is 342 g/mol. The number of hydrogen-bond donors (Lipinski definition) is 1. The van der Waals surface area contributed by atoms with Crippen molar-refractivity contribution in [3.8, 4) is 17.2 Å². The van der Waals surface area contributed by atoms with Gasteiger partial charge >= 0.3 is 5.97 Å². The number of carbonyl (C=O) groups is 1. The molecule has 0 aliphatic rings. The first-order valence-corrected chi connectivity index (χ1v) is 7.88. The highest BCUT2D eigenvalue weighted by atomic mass is 16.5. The normalized spacial score (nSPS) is 11.3. The molecule has 0 amide bonds. The van der Waals surface area contributed by atoms with Gasteiger partial charge in [0.1, 0.15) is 5.75 Å². The second-order valence-electron chi connectivity index (χ2n) is 5.67. The number of benzene rings is 2. The van der Waals surface area contributed by atoms with Crippen LogP contribution in [0, 0.1) is 0 Å². The highest BCUT2D eigenvalue weighted by Gasteiger charge is 2.14. The van der Waals surface area contributed by atoms with Gasteiger partial charge in [0.2, 0.25) is 0 Å².